The predicted octanol–water partition coefficient (Wildman–Crippen LogP) is -0.977. The molecule has 4 aromatic rings. The van der Waals surface area contributed by atoms with Gasteiger partial charge in [-0.3, -0.25) is 24.0 Å². The maximum atomic E-state index is 12.4. The highest BCUT2D eigenvalue weighted by Crippen LogP contribution is 2.24. The molecule has 0 unspecified atom stereocenters. The Morgan fingerprint density at radius 3 is 1.54 bits per heavy atom. The molecule has 4 rings (SSSR count). The molecular formula is C41H51ClN6O13. The van der Waals surface area contributed by atoms with Gasteiger partial charge < -0.3 is 63.0 Å². The van der Waals surface area contributed by atoms with Gasteiger partial charge in [0.25, 0.3) is 0 Å². The molecule has 0 radical (unpaired) electrons. The Kier molecular flexibility index (Phi) is 19.8. The Balaban J connectivity index is 0.000000417. The first kappa shape index (κ1) is 50.5. The summed E-state index contributed by atoms with van der Waals surface area (Å²) in [6.45, 7) is 5.70. The number of halogens is 1. The van der Waals surface area contributed by atoms with E-state index in [4.69, 9.17) is 29.8 Å². The topological polar surface area (TPSA) is 297 Å². The third kappa shape index (κ3) is 16.2. The minimum absolute atomic E-state index is 0. The van der Waals surface area contributed by atoms with Crippen molar-refractivity contribution in [2.24, 2.45) is 11.5 Å². The minimum atomic E-state index is -0.979. The third-order valence-corrected chi connectivity index (χ3v) is 9.07. The predicted molar refractivity (Wildman–Crippen MR) is 217 cm³/mol. The van der Waals surface area contributed by atoms with Crippen molar-refractivity contribution in [3.05, 3.63) is 80.5 Å². The number of hydrogen-bond acceptors (Lipinski definition) is 13. The summed E-state index contributed by atoms with van der Waals surface area (Å²) in [5, 5.41) is 3.98. The van der Waals surface area contributed by atoms with Crippen LogP contribution in [-0.2, 0) is 24.0 Å². The average Bonchev–Trinajstić information content (AvgIpc) is 3.16. The fraction of sp³-hybridized carbons (Fsp3) is 0.390. The van der Waals surface area contributed by atoms with Crippen LogP contribution in [0, 0.1) is 13.8 Å². The molecule has 19 nitrogen and oxygen atoms in total. The molecule has 330 valence electrons. The number of fused-ring (bicyclic) bond motifs is 2. The van der Waals surface area contributed by atoms with Crippen LogP contribution in [0.1, 0.15) is 63.0 Å². The number of hydrogen-bond donors (Lipinski definition) is 4. The van der Waals surface area contributed by atoms with E-state index in [0.29, 0.717) is 24.0 Å². The lowest BCUT2D eigenvalue weighted by atomic mass is 10.0. The Morgan fingerprint density at radius 1 is 0.705 bits per heavy atom. The van der Waals surface area contributed by atoms with Gasteiger partial charge in [-0.25, -0.2) is 19.2 Å². The van der Waals surface area contributed by atoms with Gasteiger partial charge in [-0.1, -0.05) is 6.92 Å². The van der Waals surface area contributed by atoms with E-state index < -0.39 is 47.3 Å². The van der Waals surface area contributed by atoms with Crippen molar-refractivity contribution in [2.75, 3.05) is 27.2 Å². The standard InChI is InChI=1S/C22H27N3O7.C19H23N3O6.ClH/c1-4-20(28)24-16(12-19(23)27)17(26)6-5-9-25(3)22(30)31-14-7-8-15-13(2)10-21(29)32-18(15)11-14;1-11-8-18(25)28-16-9-12(5-6-13(11)16)27-19(26)22(2)7-3-4-15(23)14(20)10-17(21)24;/h7-8,10-11,16H,4-6,9,12H2,1-3H3,(H2,23,27)(H,24,28);5-6,8-9,14H,3-4,7,10,20H2,1-2H3,(H2,21,24);1H/t16-;14-;/m11./s1. The van der Waals surface area contributed by atoms with Crippen molar-refractivity contribution in [3.63, 3.8) is 0 Å². The first-order chi connectivity index (χ1) is 28.3. The zero-order chi connectivity index (χ0) is 44.7. The number of primary amides is 2. The highest BCUT2D eigenvalue weighted by molar-refractivity contribution is 5.93. The summed E-state index contributed by atoms with van der Waals surface area (Å²) < 4.78 is 20.9. The molecule has 0 bridgehead atoms. The normalized spacial score (nSPS) is 11.5. The molecule has 8 N–H and O–H groups in total. The summed E-state index contributed by atoms with van der Waals surface area (Å²) in [4.78, 5) is 108. The fourth-order valence-corrected chi connectivity index (χ4v) is 5.74. The number of benzene rings is 2. The Hall–Kier alpha value is -6.60. The third-order valence-electron chi connectivity index (χ3n) is 9.07. The van der Waals surface area contributed by atoms with E-state index in [2.05, 4.69) is 11.1 Å². The molecular weight excluding hydrogens is 820 g/mol. The Labute approximate surface area is 356 Å². The van der Waals surface area contributed by atoms with E-state index in [1.807, 2.05) is 0 Å². The lowest BCUT2D eigenvalue weighted by molar-refractivity contribution is -0.402. The van der Waals surface area contributed by atoms with E-state index >= 15 is 0 Å². The number of quaternary nitrogens is 1. The largest absolute Gasteiger partial charge is 1.00 e. The van der Waals surface area contributed by atoms with Crippen LogP contribution in [0.3, 0.4) is 0 Å². The van der Waals surface area contributed by atoms with Gasteiger partial charge in [0.05, 0.1) is 18.9 Å². The quantitative estimate of drug-likeness (QED) is 0.0876. The van der Waals surface area contributed by atoms with Crippen molar-refractivity contribution in [1.82, 2.24) is 15.1 Å². The zero-order valence-corrected chi connectivity index (χ0v) is 35.3. The van der Waals surface area contributed by atoms with Crippen LogP contribution in [0.4, 0.5) is 9.59 Å². The fourth-order valence-electron chi connectivity index (χ4n) is 5.74. The van der Waals surface area contributed by atoms with E-state index in [-0.39, 0.29) is 86.6 Å². The molecule has 2 aromatic heterocycles. The van der Waals surface area contributed by atoms with Gasteiger partial charge in [-0.15, -0.1) is 0 Å². The summed E-state index contributed by atoms with van der Waals surface area (Å²) >= 11 is 0. The molecule has 61 heavy (non-hydrogen) atoms. The number of nitrogens with two attached hydrogens (primary N) is 2. The van der Waals surface area contributed by atoms with E-state index in [9.17, 15) is 43.2 Å². The molecule has 0 saturated heterocycles. The maximum Gasteiger partial charge on any atom is 0.414 e. The second-order valence-electron chi connectivity index (χ2n) is 14.0. The van der Waals surface area contributed by atoms with Crippen LogP contribution in [-0.4, -0.2) is 90.5 Å². The van der Waals surface area contributed by atoms with Gasteiger partial charge in [-0.05, 0) is 62.1 Å². The Bertz CT molecular complexity index is 2360. The van der Waals surface area contributed by atoms with Gasteiger partial charge >= 0.3 is 23.4 Å². The summed E-state index contributed by atoms with van der Waals surface area (Å²) in [6.07, 6.45) is -0.526. The monoisotopic (exact) mass is 870 g/mol. The number of nitrogens with one attached hydrogen (secondary N) is 1. The van der Waals surface area contributed by atoms with E-state index in [1.54, 1.807) is 52.1 Å². The van der Waals surface area contributed by atoms with Crippen LogP contribution in [0.2, 0.25) is 0 Å². The summed E-state index contributed by atoms with van der Waals surface area (Å²) in [6, 6.07) is 10.7. The molecule has 2 heterocycles. The number of Topliss-reactive ketones (excluding diaryl/α,β-unsaturated/α-hetero) is 2. The molecule has 0 aliphatic carbocycles. The van der Waals surface area contributed by atoms with E-state index in [1.165, 1.54) is 41.1 Å². The highest BCUT2D eigenvalue weighted by Gasteiger charge is 2.23. The van der Waals surface area contributed by atoms with Crippen molar-refractivity contribution in [3.8, 4) is 11.5 Å². The smallest absolute Gasteiger partial charge is 0.414 e. The number of carbonyl (C=O) groups is 7. The summed E-state index contributed by atoms with van der Waals surface area (Å²) in [5.74, 6) is -1.69. The zero-order valence-electron chi connectivity index (χ0n) is 34.6. The minimum Gasteiger partial charge on any atom is -1.00 e. The molecule has 0 spiro atoms. The maximum absolute atomic E-state index is 12.4. The second kappa shape index (κ2) is 23.9. The first-order valence-electron chi connectivity index (χ1n) is 19.0. The number of aryl methyl sites for hydroxylation is 2. The van der Waals surface area contributed by atoms with Gasteiger partial charge in [0.2, 0.25) is 17.7 Å². The molecule has 0 fully saturated rings. The molecule has 2 aromatic carbocycles. The number of ether oxygens (including phenoxy) is 2. The number of rotatable bonds is 18. The van der Waals surface area contributed by atoms with Crippen LogP contribution >= 0.6 is 0 Å². The van der Waals surface area contributed by atoms with Gasteiger partial charge in [0, 0.05) is 81.5 Å². The summed E-state index contributed by atoms with van der Waals surface area (Å²) in [7, 11) is 3.06. The van der Waals surface area contributed by atoms with E-state index in [0.717, 1.165) is 21.9 Å². The van der Waals surface area contributed by atoms with Gasteiger partial charge in [-0.2, -0.15) is 0 Å². The SMILES string of the molecule is CCC(=O)N[C@H](CC(N)=O)C(=O)CCCN(C)C(=O)Oc1ccc2c(C)cc(=O)oc2c1.Cc1cc(=O)oc2cc(OC(=O)N(C)CCCC(=O)[C@H]([NH3+])CC(N)=O)ccc12.[Cl-]. The average molecular weight is 871 g/mol. The number of nitrogens with zero attached hydrogens (tertiary/aromatic N) is 2. The molecule has 0 aliphatic heterocycles. The summed E-state index contributed by atoms with van der Waals surface area (Å²) in [5.41, 5.74) is 15.0. The van der Waals surface area contributed by atoms with Crippen LogP contribution in [0.15, 0.2) is 67.0 Å². The lowest BCUT2D eigenvalue weighted by Crippen LogP contribution is -3.00. The van der Waals surface area contributed by atoms with Crippen molar-refractivity contribution < 1.29 is 70.0 Å². The lowest BCUT2D eigenvalue weighted by Gasteiger charge is -2.18. The molecule has 20 heteroatoms. The van der Waals surface area contributed by atoms with Crippen LogP contribution in [0.25, 0.3) is 21.9 Å². The van der Waals surface area contributed by atoms with Crippen LogP contribution < -0.4 is 55.6 Å². The molecule has 5 amide bonds. The van der Waals surface area contributed by atoms with Crippen molar-refractivity contribution in [1.29, 1.82) is 0 Å². The van der Waals surface area contributed by atoms with Gasteiger partial charge in [0.15, 0.2) is 17.6 Å². The van der Waals surface area contributed by atoms with Crippen molar-refractivity contribution in [2.45, 2.75) is 77.8 Å². The van der Waals surface area contributed by atoms with Gasteiger partial charge in [0.1, 0.15) is 22.7 Å². The second-order valence-corrected chi connectivity index (χ2v) is 14.0. The number of carbonyl (C=O) groups excluding carboxylic acids is 7. The highest BCUT2D eigenvalue weighted by atomic mass is 35.5. The van der Waals surface area contributed by atoms with Crippen LogP contribution in [0.5, 0.6) is 11.5 Å². The van der Waals surface area contributed by atoms with Crippen molar-refractivity contribution >= 4 is 63.4 Å². The Morgan fingerprint density at radius 2 is 1.13 bits per heavy atom. The first-order valence-corrected chi connectivity index (χ1v) is 19.0. The number of amides is 5. The molecule has 2 atom stereocenters. The molecule has 0 aliphatic rings. The molecule has 0 saturated carbocycles. The number of ketones is 2.